The Hall–Kier alpha value is -1.57. The SMILES string of the molecule is CCOc1ncnc(N2CCCS(=O)(=O)CC2)c1N. The van der Waals surface area contributed by atoms with Crippen molar-refractivity contribution in [1.82, 2.24) is 9.97 Å². The zero-order valence-corrected chi connectivity index (χ0v) is 11.7. The molecule has 1 aliphatic heterocycles. The minimum Gasteiger partial charge on any atom is -0.476 e. The summed E-state index contributed by atoms with van der Waals surface area (Å²) in [6.07, 6.45) is 1.96. The van der Waals surface area contributed by atoms with E-state index < -0.39 is 9.84 Å². The predicted molar refractivity (Wildman–Crippen MR) is 73.1 cm³/mol. The molecule has 19 heavy (non-hydrogen) atoms. The number of aromatic nitrogens is 2. The maximum Gasteiger partial charge on any atom is 0.242 e. The van der Waals surface area contributed by atoms with Gasteiger partial charge >= 0.3 is 0 Å². The van der Waals surface area contributed by atoms with Gasteiger partial charge in [0.05, 0.1) is 18.1 Å². The number of anilines is 2. The van der Waals surface area contributed by atoms with Gasteiger partial charge in [0.25, 0.3) is 0 Å². The van der Waals surface area contributed by atoms with Gasteiger partial charge in [0.15, 0.2) is 15.7 Å². The zero-order chi connectivity index (χ0) is 13.9. The maximum absolute atomic E-state index is 11.6. The first-order chi connectivity index (χ1) is 9.03. The molecule has 1 aromatic rings. The van der Waals surface area contributed by atoms with E-state index in [1.54, 1.807) is 0 Å². The van der Waals surface area contributed by atoms with Crippen LogP contribution in [0.2, 0.25) is 0 Å². The molecule has 1 fully saturated rings. The summed E-state index contributed by atoms with van der Waals surface area (Å²) in [4.78, 5) is 10.0. The van der Waals surface area contributed by atoms with Gasteiger partial charge < -0.3 is 15.4 Å². The Balaban J connectivity index is 2.24. The van der Waals surface area contributed by atoms with Crippen LogP contribution in [0, 0.1) is 0 Å². The molecule has 0 radical (unpaired) electrons. The van der Waals surface area contributed by atoms with Crippen LogP contribution in [0.3, 0.4) is 0 Å². The predicted octanol–water partition coefficient (Wildman–Crippen LogP) is 0.0824. The number of nitrogen functional groups attached to an aromatic ring is 1. The van der Waals surface area contributed by atoms with E-state index >= 15 is 0 Å². The lowest BCUT2D eigenvalue weighted by Crippen LogP contribution is -2.28. The third-order valence-corrected chi connectivity index (χ3v) is 4.68. The standard InChI is InChI=1S/C11H18N4O3S/c1-2-18-11-9(12)10(13-8-14-11)15-4-3-6-19(16,17)7-5-15/h8H,2-7,12H2,1H3. The summed E-state index contributed by atoms with van der Waals surface area (Å²) >= 11 is 0. The molecule has 1 saturated heterocycles. The molecule has 0 saturated carbocycles. The van der Waals surface area contributed by atoms with Crippen molar-refractivity contribution in [3.63, 3.8) is 0 Å². The molecule has 0 atom stereocenters. The maximum atomic E-state index is 11.6. The number of nitrogens with two attached hydrogens (primary N) is 1. The summed E-state index contributed by atoms with van der Waals surface area (Å²) in [5, 5.41) is 0. The van der Waals surface area contributed by atoms with Crippen LogP contribution in [0.1, 0.15) is 13.3 Å². The van der Waals surface area contributed by atoms with Gasteiger partial charge in [-0.25, -0.2) is 13.4 Å². The Morgan fingerprint density at radius 2 is 2.16 bits per heavy atom. The largest absolute Gasteiger partial charge is 0.476 e. The van der Waals surface area contributed by atoms with Gasteiger partial charge in [-0.05, 0) is 13.3 Å². The Bertz CT molecular complexity index is 547. The minimum atomic E-state index is -2.95. The van der Waals surface area contributed by atoms with Crippen molar-refractivity contribution in [2.45, 2.75) is 13.3 Å². The topological polar surface area (TPSA) is 98.4 Å². The first-order valence-electron chi connectivity index (χ1n) is 6.22. The van der Waals surface area contributed by atoms with Crippen molar-refractivity contribution in [3.05, 3.63) is 6.33 Å². The van der Waals surface area contributed by atoms with Crippen LogP contribution >= 0.6 is 0 Å². The lowest BCUT2D eigenvalue weighted by atomic mass is 10.3. The van der Waals surface area contributed by atoms with E-state index in [4.69, 9.17) is 10.5 Å². The molecule has 8 heteroatoms. The summed E-state index contributed by atoms with van der Waals surface area (Å²) in [6.45, 7) is 3.33. The lowest BCUT2D eigenvalue weighted by molar-refractivity contribution is 0.328. The Labute approximate surface area is 112 Å². The van der Waals surface area contributed by atoms with Crippen molar-refractivity contribution < 1.29 is 13.2 Å². The van der Waals surface area contributed by atoms with Crippen LogP contribution in [0.5, 0.6) is 5.88 Å². The number of hydrogen-bond donors (Lipinski definition) is 1. The van der Waals surface area contributed by atoms with Crippen molar-refractivity contribution in [2.75, 3.05) is 41.8 Å². The summed E-state index contributed by atoms with van der Waals surface area (Å²) in [6, 6.07) is 0. The smallest absolute Gasteiger partial charge is 0.242 e. The molecule has 0 bridgehead atoms. The highest BCUT2D eigenvalue weighted by molar-refractivity contribution is 7.91. The fourth-order valence-corrected chi connectivity index (χ4v) is 3.30. The lowest BCUT2D eigenvalue weighted by Gasteiger charge is -2.22. The van der Waals surface area contributed by atoms with Crippen molar-refractivity contribution >= 4 is 21.3 Å². The first kappa shape index (κ1) is 13.9. The van der Waals surface area contributed by atoms with Gasteiger partial charge in [0.1, 0.15) is 12.0 Å². The average Bonchev–Trinajstić information content (AvgIpc) is 2.53. The Morgan fingerprint density at radius 1 is 1.37 bits per heavy atom. The van der Waals surface area contributed by atoms with Crippen LogP contribution in [0.15, 0.2) is 6.33 Å². The highest BCUT2D eigenvalue weighted by Gasteiger charge is 2.22. The Kier molecular flexibility index (Phi) is 4.08. The first-order valence-corrected chi connectivity index (χ1v) is 8.04. The molecule has 0 spiro atoms. The molecule has 1 aliphatic rings. The van der Waals surface area contributed by atoms with E-state index in [2.05, 4.69) is 9.97 Å². The second-order valence-corrected chi connectivity index (χ2v) is 6.65. The molecule has 0 aliphatic carbocycles. The normalized spacial score (nSPS) is 18.9. The third-order valence-electron chi connectivity index (χ3n) is 2.96. The quantitative estimate of drug-likeness (QED) is 0.840. The van der Waals surface area contributed by atoms with Gasteiger partial charge in [-0.1, -0.05) is 0 Å². The molecule has 0 amide bonds. The van der Waals surface area contributed by atoms with Gasteiger partial charge in [-0.2, -0.15) is 4.98 Å². The second-order valence-electron chi connectivity index (χ2n) is 4.34. The summed E-state index contributed by atoms with van der Waals surface area (Å²) in [7, 11) is -2.95. The van der Waals surface area contributed by atoms with Crippen LogP contribution < -0.4 is 15.4 Å². The molecule has 2 heterocycles. The number of rotatable bonds is 3. The number of ether oxygens (including phenoxy) is 1. The molecule has 2 rings (SSSR count). The van der Waals surface area contributed by atoms with Gasteiger partial charge in [-0.15, -0.1) is 0 Å². The molecule has 106 valence electrons. The van der Waals surface area contributed by atoms with Gasteiger partial charge in [-0.3, -0.25) is 0 Å². The Morgan fingerprint density at radius 3 is 2.89 bits per heavy atom. The monoisotopic (exact) mass is 286 g/mol. The van der Waals surface area contributed by atoms with Crippen LogP contribution in [0.25, 0.3) is 0 Å². The molecule has 7 nitrogen and oxygen atoms in total. The van der Waals surface area contributed by atoms with E-state index in [1.807, 2.05) is 11.8 Å². The van der Waals surface area contributed by atoms with Gasteiger partial charge in [0, 0.05) is 13.1 Å². The fraction of sp³-hybridized carbons (Fsp3) is 0.636. The highest BCUT2D eigenvalue weighted by atomic mass is 32.2. The fourth-order valence-electron chi connectivity index (χ4n) is 2.02. The number of hydrogen-bond acceptors (Lipinski definition) is 7. The van der Waals surface area contributed by atoms with Crippen molar-refractivity contribution in [2.24, 2.45) is 0 Å². The van der Waals surface area contributed by atoms with E-state index in [0.717, 1.165) is 0 Å². The molecule has 2 N–H and O–H groups in total. The van der Waals surface area contributed by atoms with E-state index in [0.29, 0.717) is 43.5 Å². The van der Waals surface area contributed by atoms with Crippen molar-refractivity contribution in [1.29, 1.82) is 0 Å². The van der Waals surface area contributed by atoms with E-state index in [-0.39, 0.29) is 11.5 Å². The number of nitrogens with zero attached hydrogens (tertiary/aromatic N) is 3. The van der Waals surface area contributed by atoms with E-state index in [9.17, 15) is 8.42 Å². The molecule has 1 aromatic heterocycles. The molecular weight excluding hydrogens is 268 g/mol. The van der Waals surface area contributed by atoms with Crippen LogP contribution in [0.4, 0.5) is 11.5 Å². The van der Waals surface area contributed by atoms with Crippen LogP contribution in [-0.2, 0) is 9.84 Å². The van der Waals surface area contributed by atoms with E-state index in [1.165, 1.54) is 6.33 Å². The van der Waals surface area contributed by atoms with Crippen LogP contribution in [-0.4, -0.2) is 49.6 Å². The highest BCUT2D eigenvalue weighted by Crippen LogP contribution is 2.28. The second kappa shape index (κ2) is 5.60. The summed E-state index contributed by atoms with van der Waals surface area (Å²) < 4.78 is 28.5. The van der Waals surface area contributed by atoms with Crippen molar-refractivity contribution in [3.8, 4) is 5.88 Å². The molecule has 0 unspecified atom stereocenters. The summed E-state index contributed by atoms with van der Waals surface area (Å²) in [5.41, 5.74) is 6.34. The zero-order valence-electron chi connectivity index (χ0n) is 10.9. The molecular formula is C11H18N4O3S. The number of sulfone groups is 1. The van der Waals surface area contributed by atoms with Gasteiger partial charge in [0.2, 0.25) is 5.88 Å². The third kappa shape index (κ3) is 3.25. The average molecular weight is 286 g/mol. The summed E-state index contributed by atoms with van der Waals surface area (Å²) in [5.74, 6) is 1.24. The molecule has 0 aromatic carbocycles. The minimum absolute atomic E-state index is 0.125.